The molecule has 2 heterocycles. The number of aromatic nitrogens is 2. The summed E-state index contributed by atoms with van der Waals surface area (Å²) in [6.45, 7) is 1.82. The van der Waals surface area contributed by atoms with Crippen LogP contribution in [0.25, 0.3) is 22.6 Å². The second kappa shape index (κ2) is 17.6. The van der Waals surface area contributed by atoms with E-state index in [1.165, 1.54) is 31.9 Å². The number of hydrogen-bond acceptors (Lipinski definition) is 16. The first-order valence-corrected chi connectivity index (χ1v) is 16.6. The van der Waals surface area contributed by atoms with Gasteiger partial charge in [0.15, 0.2) is 6.10 Å². The molecule has 17 heteroatoms. The average molecular weight is 736 g/mol. The SMILES string of the molecule is CC(O)C(N)C(=O)OC[C@H](COc1ccc(-c2c(C#N)c(N)nc(SCc3coc(-c4ccc(Cl)cc4)n3)c2C#N)cc1)OC(=O)C(N)C(C)O. The lowest BCUT2D eigenvalue weighted by molar-refractivity contribution is -0.165. The molecule has 2 aromatic carbocycles. The molecule has 8 N–H and O–H groups in total. The Hall–Kier alpha value is -5.20. The third kappa shape index (κ3) is 9.95. The van der Waals surface area contributed by atoms with E-state index >= 15 is 0 Å². The van der Waals surface area contributed by atoms with Gasteiger partial charge in [0.25, 0.3) is 0 Å². The van der Waals surface area contributed by atoms with Gasteiger partial charge in [0.2, 0.25) is 5.89 Å². The van der Waals surface area contributed by atoms with Crippen LogP contribution >= 0.6 is 23.4 Å². The number of hydrogen-bond donors (Lipinski definition) is 5. The van der Waals surface area contributed by atoms with Crippen molar-refractivity contribution in [1.82, 2.24) is 9.97 Å². The quantitative estimate of drug-likeness (QED) is 0.0867. The summed E-state index contributed by atoms with van der Waals surface area (Å²) in [7, 11) is 0. The summed E-state index contributed by atoms with van der Waals surface area (Å²) in [6.07, 6.45) is -2.08. The molecule has 51 heavy (non-hydrogen) atoms. The molecule has 0 saturated carbocycles. The number of thioether (sulfide) groups is 1. The first kappa shape index (κ1) is 38.6. The Labute approximate surface area is 301 Å². The second-order valence-corrected chi connectivity index (χ2v) is 12.5. The van der Waals surface area contributed by atoms with Crippen LogP contribution in [0.4, 0.5) is 5.82 Å². The number of pyridine rings is 1. The van der Waals surface area contributed by atoms with Gasteiger partial charge in [-0.15, -0.1) is 0 Å². The Balaban J connectivity index is 1.51. The van der Waals surface area contributed by atoms with Gasteiger partial charge in [0, 0.05) is 21.9 Å². The number of carbonyl (C=O) groups excluding carboxylic acids is 2. The van der Waals surface area contributed by atoms with E-state index in [-0.39, 0.29) is 45.6 Å². The Kier molecular flexibility index (Phi) is 13.4. The minimum Gasteiger partial charge on any atom is -0.490 e. The van der Waals surface area contributed by atoms with Gasteiger partial charge in [-0.3, -0.25) is 9.59 Å². The molecule has 0 aliphatic rings. The number of halogens is 1. The van der Waals surface area contributed by atoms with Crippen molar-refractivity contribution in [2.24, 2.45) is 11.5 Å². The number of aliphatic hydroxyl groups is 2. The molecule has 0 aliphatic carbocycles. The van der Waals surface area contributed by atoms with Crippen LogP contribution in [-0.4, -0.2) is 75.7 Å². The van der Waals surface area contributed by atoms with Crippen molar-refractivity contribution < 1.29 is 38.4 Å². The van der Waals surface area contributed by atoms with Crippen LogP contribution in [0.5, 0.6) is 5.75 Å². The maximum Gasteiger partial charge on any atom is 0.326 e. The lowest BCUT2D eigenvalue weighted by Gasteiger charge is -2.22. The standard InChI is InChI=1S/C34H34ClN7O8S/c1-17(43)28(38)33(45)49-15-24(50-34(46)29(39)18(2)44)14-47-23-9-5-19(6-10-23)27-25(11-36)30(40)42-32(26(27)12-37)51-16-22-13-48-31(41-22)20-3-7-21(35)8-4-20/h3-10,13,17-18,24,28-29,43-44H,14-16,38-39H2,1-2H3,(H2,40,42)/t17?,18?,24-,28?,29?/m0/s1. The fraction of sp³-hybridized carbons (Fsp3) is 0.294. The van der Waals surface area contributed by atoms with Crippen LogP contribution < -0.4 is 21.9 Å². The fourth-order valence-electron chi connectivity index (χ4n) is 4.36. The van der Waals surface area contributed by atoms with Gasteiger partial charge in [-0.2, -0.15) is 10.5 Å². The van der Waals surface area contributed by atoms with Crippen LogP contribution in [0, 0.1) is 22.7 Å². The molecule has 4 aromatic rings. The number of nitriles is 2. The summed E-state index contributed by atoms with van der Waals surface area (Å²) in [5, 5.41) is 40.2. The predicted molar refractivity (Wildman–Crippen MR) is 186 cm³/mol. The van der Waals surface area contributed by atoms with E-state index in [0.29, 0.717) is 22.2 Å². The van der Waals surface area contributed by atoms with E-state index in [4.69, 9.17) is 47.4 Å². The molecule has 0 fully saturated rings. The van der Waals surface area contributed by atoms with Crippen molar-refractivity contribution in [3.63, 3.8) is 0 Å². The summed E-state index contributed by atoms with van der Waals surface area (Å²) in [5.41, 5.74) is 19.7. The molecule has 4 unspecified atom stereocenters. The van der Waals surface area contributed by atoms with Crippen molar-refractivity contribution in [2.45, 2.75) is 55.0 Å². The van der Waals surface area contributed by atoms with Gasteiger partial charge in [0.05, 0.1) is 23.5 Å². The van der Waals surface area contributed by atoms with Crippen molar-refractivity contribution >= 4 is 41.1 Å². The Morgan fingerprint density at radius 3 is 2.14 bits per heavy atom. The third-order valence-corrected chi connectivity index (χ3v) is 8.53. The lowest BCUT2D eigenvalue weighted by Crippen LogP contribution is -2.46. The smallest absolute Gasteiger partial charge is 0.326 e. The molecular formula is C34H34ClN7O8S. The molecule has 0 bridgehead atoms. The molecule has 266 valence electrons. The summed E-state index contributed by atoms with van der Waals surface area (Å²) >= 11 is 7.16. The Morgan fingerprint density at radius 1 is 0.922 bits per heavy atom. The predicted octanol–water partition coefficient (Wildman–Crippen LogP) is 2.92. The molecule has 4 rings (SSSR count). The van der Waals surface area contributed by atoms with Gasteiger partial charge in [-0.25, -0.2) is 9.97 Å². The number of rotatable bonds is 15. The van der Waals surface area contributed by atoms with E-state index in [9.17, 15) is 30.3 Å². The van der Waals surface area contributed by atoms with Gasteiger partial charge in [-0.05, 0) is 55.8 Å². The third-order valence-electron chi connectivity index (χ3n) is 7.27. The summed E-state index contributed by atoms with van der Waals surface area (Å²) in [5.74, 6) is -1.01. The summed E-state index contributed by atoms with van der Waals surface area (Å²) in [6, 6.07) is 14.8. The van der Waals surface area contributed by atoms with Crippen molar-refractivity contribution in [1.29, 1.82) is 10.5 Å². The Bertz CT molecular complexity index is 1920. The fourth-order valence-corrected chi connectivity index (χ4v) is 5.36. The normalized spacial score (nSPS) is 13.9. The van der Waals surface area contributed by atoms with Gasteiger partial charge in [-0.1, -0.05) is 35.5 Å². The van der Waals surface area contributed by atoms with Gasteiger partial charge in [0.1, 0.15) is 65.9 Å². The molecular weight excluding hydrogens is 702 g/mol. The highest BCUT2D eigenvalue weighted by atomic mass is 35.5. The van der Waals surface area contributed by atoms with Crippen LogP contribution in [0.15, 0.2) is 64.2 Å². The molecule has 0 aliphatic heterocycles. The average Bonchev–Trinajstić information content (AvgIpc) is 3.60. The molecule has 0 saturated heterocycles. The maximum atomic E-state index is 12.4. The highest BCUT2D eigenvalue weighted by Crippen LogP contribution is 2.37. The first-order valence-electron chi connectivity index (χ1n) is 15.3. The largest absolute Gasteiger partial charge is 0.490 e. The number of ether oxygens (including phenoxy) is 3. The number of oxazole rings is 1. The maximum absolute atomic E-state index is 12.4. The number of nitrogens with zero attached hydrogens (tertiary/aromatic N) is 4. The number of carbonyl (C=O) groups is 2. The van der Waals surface area contributed by atoms with E-state index in [2.05, 4.69) is 16.0 Å². The molecule has 2 aromatic heterocycles. The number of benzene rings is 2. The number of nitrogens with two attached hydrogens (primary N) is 3. The summed E-state index contributed by atoms with van der Waals surface area (Å²) in [4.78, 5) is 33.4. The highest BCUT2D eigenvalue weighted by molar-refractivity contribution is 7.98. The zero-order valence-electron chi connectivity index (χ0n) is 27.4. The van der Waals surface area contributed by atoms with E-state index in [0.717, 1.165) is 5.56 Å². The van der Waals surface area contributed by atoms with Crippen molar-refractivity contribution in [3.8, 4) is 40.5 Å². The highest BCUT2D eigenvalue weighted by Gasteiger charge is 2.28. The number of aliphatic hydroxyl groups excluding tert-OH is 2. The van der Waals surface area contributed by atoms with Crippen LogP contribution in [0.3, 0.4) is 0 Å². The minimum absolute atomic E-state index is 0.00896. The van der Waals surface area contributed by atoms with Crippen molar-refractivity contribution in [2.75, 3.05) is 18.9 Å². The minimum atomic E-state index is -1.37. The lowest BCUT2D eigenvalue weighted by atomic mass is 9.97. The van der Waals surface area contributed by atoms with Crippen LogP contribution in [0.1, 0.15) is 30.7 Å². The van der Waals surface area contributed by atoms with Gasteiger partial charge < -0.3 is 46.0 Å². The summed E-state index contributed by atoms with van der Waals surface area (Å²) < 4.78 is 21.8. The van der Waals surface area contributed by atoms with Gasteiger partial charge >= 0.3 is 11.9 Å². The monoisotopic (exact) mass is 735 g/mol. The number of esters is 2. The molecule has 0 spiro atoms. The van der Waals surface area contributed by atoms with E-state index in [1.807, 2.05) is 6.07 Å². The number of nitrogen functional groups attached to an aromatic ring is 1. The van der Waals surface area contributed by atoms with E-state index < -0.39 is 48.9 Å². The topological polar surface area (TPSA) is 267 Å². The zero-order valence-corrected chi connectivity index (χ0v) is 28.9. The Morgan fingerprint density at radius 2 is 1.53 bits per heavy atom. The molecule has 15 nitrogen and oxygen atoms in total. The van der Waals surface area contributed by atoms with Crippen LogP contribution in [-0.2, 0) is 24.8 Å². The number of anilines is 1. The molecule has 0 amide bonds. The molecule has 0 radical (unpaired) electrons. The first-order chi connectivity index (χ1) is 24.3. The van der Waals surface area contributed by atoms with E-state index in [1.54, 1.807) is 48.5 Å². The second-order valence-electron chi connectivity index (χ2n) is 11.1. The van der Waals surface area contributed by atoms with Crippen molar-refractivity contribution in [3.05, 3.63) is 76.6 Å². The molecule has 5 atom stereocenters. The zero-order chi connectivity index (χ0) is 37.2. The van der Waals surface area contributed by atoms with Crippen LogP contribution in [0.2, 0.25) is 5.02 Å².